The Labute approximate surface area is 209 Å². The van der Waals surface area contributed by atoms with Crippen LogP contribution in [-0.4, -0.2) is 48.0 Å². The molecule has 3 aliphatic rings. The van der Waals surface area contributed by atoms with Gasteiger partial charge >= 0.3 is 6.18 Å². The summed E-state index contributed by atoms with van der Waals surface area (Å²) in [6.07, 6.45) is 2.74. The average Bonchev–Trinajstić information content (AvgIpc) is 3.59. The Hall–Kier alpha value is -3.12. The fourth-order valence-electron chi connectivity index (χ4n) is 5.73. The highest BCUT2D eigenvalue weighted by molar-refractivity contribution is 5.80. The van der Waals surface area contributed by atoms with Gasteiger partial charge in [-0.25, -0.2) is 0 Å². The minimum absolute atomic E-state index is 0.0734. The zero-order valence-corrected chi connectivity index (χ0v) is 20.0. The van der Waals surface area contributed by atoms with Gasteiger partial charge in [-0.1, -0.05) is 0 Å². The molecule has 1 aliphatic carbocycles. The van der Waals surface area contributed by atoms with E-state index >= 15 is 0 Å². The van der Waals surface area contributed by atoms with Crippen LogP contribution in [0.2, 0.25) is 0 Å². The molecule has 1 amide bonds. The predicted octanol–water partition coefficient (Wildman–Crippen LogP) is 4.22. The van der Waals surface area contributed by atoms with Crippen molar-refractivity contribution in [1.29, 1.82) is 5.26 Å². The normalized spacial score (nSPS) is 23.4. The van der Waals surface area contributed by atoms with E-state index in [-0.39, 0.29) is 23.3 Å². The summed E-state index contributed by atoms with van der Waals surface area (Å²) in [5.41, 5.74) is 0.423. The van der Waals surface area contributed by atoms with Crippen molar-refractivity contribution in [2.75, 3.05) is 31.1 Å². The fraction of sp³-hybridized carbons (Fsp3) is 0.519. The third kappa shape index (κ3) is 5.49. The van der Waals surface area contributed by atoms with Gasteiger partial charge in [0.15, 0.2) is 0 Å². The minimum Gasteiger partial charge on any atom is -0.372 e. The molecule has 2 atom stereocenters. The van der Waals surface area contributed by atoms with Crippen molar-refractivity contribution in [2.45, 2.75) is 44.4 Å². The van der Waals surface area contributed by atoms with Gasteiger partial charge in [-0.2, -0.15) is 18.4 Å². The summed E-state index contributed by atoms with van der Waals surface area (Å²) < 4.78 is 40.3. The maximum absolute atomic E-state index is 13.4. The molecule has 0 bridgehead atoms. The molecule has 2 saturated heterocycles. The number of nitriles is 1. The summed E-state index contributed by atoms with van der Waals surface area (Å²) >= 11 is 0. The molecule has 0 radical (unpaired) electrons. The van der Waals surface area contributed by atoms with E-state index in [4.69, 9.17) is 5.26 Å². The number of amides is 1. The topological polar surface area (TPSA) is 72.3 Å². The number of rotatable bonds is 6. The second-order valence-corrected chi connectivity index (χ2v) is 10.3. The van der Waals surface area contributed by atoms with E-state index in [1.807, 2.05) is 17.0 Å². The Kier molecular flexibility index (Phi) is 6.89. The number of carbonyl (C=O) groups excluding carboxylic acids is 1. The molecular weight excluding hydrogens is 467 g/mol. The van der Waals surface area contributed by atoms with Gasteiger partial charge in [-0.3, -0.25) is 14.7 Å². The highest BCUT2D eigenvalue weighted by Gasteiger charge is 2.43. The van der Waals surface area contributed by atoms with Crippen molar-refractivity contribution < 1.29 is 18.0 Å². The Bertz CT molecular complexity index is 1120. The van der Waals surface area contributed by atoms with Crippen molar-refractivity contribution >= 4 is 11.6 Å². The molecule has 3 heterocycles. The molecule has 1 N–H and O–H groups in total. The number of carbonyl (C=O) groups is 1. The Morgan fingerprint density at radius 2 is 1.81 bits per heavy atom. The van der Waals surface area contributed by atoms with Crippen LogP contribution in [0.4, 0.5) is 18.9 Å². The van der Waals surface area contributed by atoms with Gasteiger partial charge in [-0.15, -0.1) is 0 Å². The van der Waals surface area contributed by atoms with Crippen LogP contribution < -0.4 is 10.2 Å². The van der Waals surface area contributed by atoms with Crippen LogP contribution in [0.25, 0.3) is 0 Å². The molecule has 2 aliphatic heterocycles. The zero-order valence-electron chi connectivity index (χ0n) is 20.0. The summed E-state index contributed by atoms with van der Waals surface area (Å²) in [5.74, 6) is 0.623. The third-order valence-electron chi connectivity index (χ3n) is 7.80. The number of likely N-dealkylation sites (tertiary alicyclic amines) is 1. The predicted molar refractivity (Wildman–Crippen MR) is 129 cm³/mol. The van der Waals surface area contributed by atoms with E-state index in [2.05, 4.69) is 15.2 Å². The number of hydrogen-bond acceptors (Lipinski definition) is 5. The number of benzene rings is 1. The molecule has 1 saturated carbocycles. The lowest BCUT2D eigenvalue weighted by Crippen LogP contribution is -2.42. The summed E-state index contributed by atoms with van der Waals surface area (Å²) in [7, 11) is 0. The van der Waals surface area contributed by atoms with Crippen molar-refractivity contribution in [1.82, 2.24) is 15.2 Å². The van der Waals surface area contributed by atoms with E-state index in [1.54, 1.807) is 24.5 Å². The minimum atomic E-state index is -4.57. The number of halogens is 3. The summed E-state index contributed by atoms with van der Waals surface area (Å²) in [6, 6.07) is 9.91. The molecule has 5 rings (SSSR count). The van der Waals surface area contributed by atoms with E-state index in [9.17, 15) is 18.0 Å². The molecule has 36 heavy (non-hydrogen) atoms. The number of aromatic nitrogens is 1. The van der Waals surface area contributed by atoms with Crippen LogP contribution in [0.5, 0.6) is 0 Å². The van der Waals surface area contributed by atoms with Crippen LogP contribution in [0.3, 0.4) is 0 Å². The van der Waals surface area contributed by atoms with E-state index in [0.717, 1.165) is 51.4 Å². The van der Waals surface area contributed by atoms with Gasteiger partial charge < -0.3 is 10.2 Å². The van der Waals surface area contributed by atoms with E-state index < -0.39 is 11.7 Å². The standard InChI is InChI=1S/C27H30F3N5O/c28-27(29,30)25-13-22(4-1-20(25)14-31)35-11-7-19(8-12-35)23-16-34(15-18-5-9-32-10-6-18)17-24(23)26(36)33-21-2-3-21/h1,4-6,9-10,13,19,21,23-24H,2-3,7-8,11-12,15-17H2,(H,33,36)/t23-,24+/m0/s1. The van der Waals surface area contributed by atoms with Crippen molar-refractivity contribution in [2.24, 2.45) is 17.8 Å². The molecule has 1 aromatic carbocycles. The second kappa shape index (κ2) is 10.1. The quantitative estimate of drug-likeness (QED) is 0.647. The number of pyridine rings is 1. The van der Waals surface area contributed by atoms with Crippen molar-refractivity contribution in [3.8, 4) is 6.07 Å². The van der Waals surface area contributed by atoms with E-state index in [0.29, 0.717) is 30.7 Å². The number of piperidine rings is 1. The van der Waals surface area contributed by atoms with Gasteiger partial charge in [0.05, 0.1) is 23.1 Å². The largest absolute Gasteiger partial charge is 0.417 e. The van der Waals surface area contributed by atoms with Crippen molar-refractivity contribution in [3.05, 3.63) is 59.4 Å². The highest BCUT2D eigenvalue weighted by Crippen LogP contribution is 2.39. The van der Waals surface area contributed by atoms with Gasteiger partial charge in [0, 0.05) is 56.8 Å². The van der Waals surface area contributed by atoms with Crippen LogP contribution in [0.15, 0.2) is 42.7 Å². The number of nitrogens with one attached hydrogen (secondary N) is 1. The summed E-state index contributed by atoms with van der Waals surface area (Å²) in [4.78, 5) is 21.5. The first-order valence-electron chi connectivity index (χ1n) is 12.6. The van der Waals surface area contributed by atoms with Crippen LogP contribution in [-0.2, 0) is 17.5 Å². The van der Waals surface area contributed by atoms with Crippen molar-refractivity contribution in [3.63, 3.8) is 0 Å². The third-order valence-corrected chi connectivity index (χ3v) is 7.80. The number of hydrogen-bond donors (Lipinski definition) is 1. The van der Waals surface area contributed by atoms with Crippen LogP contribution in [0.1, 0.15) is 42.4 Å². The van der Waals surface area contributed by atoms with Gasteiger partial charge in [0.2, 0.25) is 5.91 Å². The van der Waals surface area contributed by atoms with Gasteiger partial charge in [0.1, 0.15) is 0 Å². The van der Waals surface area contributed by atoms with E-state index in [1.165, 1.54) is 11.6 Å². The Balaban J connectivity index is 1.27. The SMILES string of the molecule is N#Cc1ccc(N2CCC([C@@H]3CN(Cc4ccncc4)C[C@H]3C(=O)NC3CC3)CC2)cc1C(F)(F)F. The highest BCUT2D eigenvalue weighted by atomic mass is 19.4. The monoisotopic (exact) mass is 497 g/mol. The first kappa shape index (κ1) is 24.6. The molecule has 1 aromatic heterocycles. The maximum Gasteiger partial charge on any atom is 0.417 e. The molecule has 3 fully saturated rings. The molecular formula is C27H30F3N5O. The molecule has 0 unspecified atom stereocenters. The first-order chi connectivity index (χ1) is 17.3. The lowest BCUT2D eigenvalue weighted by atomic mass is 9.78. The van der Waals surface area contributed by atoms with Gasteiger partial charge in [-0.05, 0) is 73.4 Å². The number of nitrogens with zero attached hydrogens (tertiary/aromatic N) is 4. The summed E-state index contributed by atoms with van der Waals surface area (Å²) in [5, 5.41) is 12.3. The lowest BCUT2D eigenvalue weighted by molar-refractivity contribution is -0.137. The molecule has 0 spiro atoms. The lowest BCUT2D eigenvalue weighted by Gasteiger charge is -2.37. The first-order valence-corrected chi connectivity index (χ1v) is 12.6. The van der Waals surface area contributed by atoms with Crippen LogP contribution in [0, 0.1) is 29.1 Å². The molecule has 2 aromatic rings. The smallest absolute Gasteiger partial charge is 0.372 e. The fourth-order valence-corrected chi connectivity index (χ4v) is 5.73. The number of anilines is 1. The van der Waals surface area contributed by atoms with Crippen LogP contribution >= 0.6 is 0 Å². The molecule has 190 valence electrons. The molecule has 6 nitrogen and oxygen atoms in total. The molecule has 9 heteroatoms. The average molecular weight is 498 g/mol. The number of alkyl halides is 3. The zero-order chi connectivity index (χ0) is 25.3. The second-order valence-electron chi connectivity index (χ2n) is 10.3. The Morgan fingerprint density at radius 3 is 2.44 bits per heavy atom. The van der Waals surface area contributed by atoms with Gasteiger partial charge in [0.25, 0.3) is 0 Å². The Morgan fingerprint density at radius 1 is 1.08 bits per heavy atom. The summed E-state index contributed by atoms with van der Waals surface area (Å²) in [6.45, 7) is 3.59. The maximum atomic E-state index is 13.4.